The number of carboxylic acid groups (broad SMARTS) is 2. The normalized spacial score (nSPS) is 9.43. The van der Waals surface area contributed by atoms with E-state index in [1.54, 1.807) is 8.87 Å². The van der Waals surface area contributed by atoms with Crippen LogP contribution in [-0.4, -0.2) is 49.2 Å². The van der Waals surface area contributed by atoms with Gasteiger partial charge in [0.1, 0.15) is 0 Å². The molecule has 0 aliphatic heterocycles. The number of unbranched alkanes of at least 4 members (excludes halogenated alkanes) is 4. The standard InChI is InChI=1S/4C4H9.2C2H4O2.2ClH.2Sn/c4*1-3-4-2;2*1-2(3)4;;;;/h4*1,3-4H2,2H3;2*1H3,(H,3,4);2*1H;;/q;;;;;;;;2*+2/p-4. The quantitative estimate of drug-likeness (QED) is 0.216. The van der Waals surface area contributed by atoms with Gasteiger partial charge in [-0.05, 0) is 13.8 Å². The van der Waals surface area contributed by atoms with Crippen LogP contribution in [0.4, 0.5) is 0 Å². The molecule has 0 N–H and O–H groups in total. The summed E-state index contributed by atoms with van der Waals surface area (Å²) >= 11 is -2.34. The molecule has 0 aromatic carbocycles. The van der Waals surface area contributed by atoms with Crippen LogP contribution in [0.1, 0.15) is 92.9 Å². The third-order valence-corrected chi connectivity index (χ3v) is 18.5. The van der Waals surface area contributed by atoms with Crippen LogP contribution < -0.4 is 10.2 Å². The molecule has 0 bridgehead atoms. The first-order chi connectivity index (χ1) is 13.0. The molecule has 0 amide bonds. The van der Waals surface area contributed by atoms with Gasteiger partial charge >= 0.3 is 152 Å². The van der Waals surface area contributed by atoms with E-state index >= 15 is 0 Å². The second-order valence-electron chi connectivity index (χ2n) is 6.50. The van der Waals surface area contributed by atoms with Crippen LogP contribution in [0.25, 0.3) is 0 Å². The van der Waals surface area contributed by atoms with Crippen molar-refractivity contribution in [2.45, 2.75) is 111 Å². The zero-order valence-electron chi connectivity index (χ0n) is 18.9. The van der Waals surface area contributed by atoms with Gasteiger partial charge in [-0.2, -0.15) is 0 Å². The van der Waals surface area contributed by atoms with E-state index < -0.39 is 28.1 Å². The van der Waals surface area contributed by atoms with E-state index in [1.165, 1.54) is 51.4 Å². The van der Waals surface area contributed by atoms with Gasteiger partial charge in [0.15, 0.2) is 0 Å². The summed E-state index contributed by atoms with van der Waals surface area (Å²) in [6, 6.07) is 0. The fourth-order valence-corrected chi connectivity index (χ4v) is 15.2. The van der Waals surface area contributed by atoms with Gasteiger partial charge < -0.3 is 19.8 Å². The molecule has 0 saturated carbocycles. The number of halogens is 2. The summed E-state index contributed by atoms with van der Waals surface area (Å²) in [6.07, 6.45) is 10.7. The van der Waals surface area contributed by atoms with E-state index in [9.17, 15) is 0 Å². The maximum absolute atomic E-state index is 8.89. The van der Waals surface area contributed by atoms with Crippen LogP contribution in [0.2, 0.25) is 17.7 Å². The van der Waals surface area contributed by atoms with Gasteiger partial charge in [0.05, 0.1) is 0 Å². The number of aliphatic carboxylic acids is 2. The summed E-state index contributed by atoms with van der Waals surface area (Å²) in [7, 11) is 12.5. The van der Waals surface area contributed by atoms with Gasteiger partial charge in [-0.25, -0.2) is 0 Å². The van der Waals surface area contributed by atoms with Crippen molar-refractivity contribution in [3.63, 3.8) is 0 Å². The molecule has 0 spiro atoms. The number of carbonyl (C=O) groups excluding carboxylic acids is 2. The molecule has 0 fully saturated rings. The topological polar surface area (TPSA) is 80.3 Å². The molecule has 4 nitrogen and oxygen atoms in total. The molecule has 0 aliphatic rings. The van der Waals surface area contributed by atoms with Crippen LogP contribution in [0, 0.1) is 0 Å². The molecule has 0 rings (SSSR count). The predicted octanol–water partition coefficient (Wildman–Crippen LogP) is 5.15. The first kappa shape index (κ1) is 36.5. The van der Waals surface area contributed by atoms with Gasteiger partial charge in [-0.15, -0.1) is 0 Å². The van der Waals surface area contributed by atoms with E-state index in [2.05, 4.69) is 27.7 Å². The summed E-state index contributed by atoms with van der Waals surface area (Å²) in [4.78, 5) is 17.8. The van der Waals surface area contributed by atoms with Gasteiger partial charge in [0.25, 0.3) is 0 Å². The summed E-state index contributed by atoms with van der Waals surface area (Å²) in [6.45, 7) is 10.9. The number of hydrogen-bond donors (Lipinski definition) is 0. The Kier molecular flexibility index (Phi) is 39.5. The molecule has 0 radical (unpaired) electrons. The zero-order valence-corrected chi connectivity index (χ0v) is 26.1. The van der Waals surface area contributed by atoms with Crippen LogP contribution in [0.15, 0.2) is 0 Å². The Hall–Kier alpha value is 1.12. The van der Waals surface area contributed by atoms with Crippen molar-refractivity contribution in [3.8, 4) is 0 Å². The summed E-state index contributed by atoms with van der Waals surface area (Å²) in [5, 5.41) is 17.8. The summed E-state index contributed by atoms with van der Waals surface area (Å²) < 4.78 is 5.54. The molecule has 28 heavy (non-hydrogen) atoms. The van der Waals surface area contributed by atoms with E-state index in [0.29, 0.717) is 0 Å². The summed E-state index contributed by atoms with van der Waals surface area (Å²) in [5.41, 5.74) is 0. The van der Waals surface area contributed by atoms with Crippen molar-refractivity contribution in [3.05, 3.63) is 0 Å². The van der Waals surface area contributed by atoms with Crippen molar-refractivity contribution >= 4 is 67.0 Å². The molecular formula is C20H42Cl2O4Sn2. The fourth-order valence-electron chi connectivity index (χ4n) is 1.72. The van der Waals surface area contributed by atoms with Crippen molar-refractivity contribution in [1.82, 2.24) is 0 Å². The van der Waals surface area contributed by atoms with Crippen LogP contribution in [0.3, 0.4) is 0 Å². The Morgan fingerprint density at radius 1 is 0.714 bits per heavy atom. The second-order valence-corrected chi connectivity index (χ2v) is 29.5. The molecule has 0 unspecified atom stereocenters. The number of hydrogen-bond acceptors (Lipinski definition) is 4. The van der Waals surface area contributed by atoms with Crippen molar-refractivity contribution in [1.29, 1.82) is 0 Å². The Labute approximate surface area is 196 Å². The van der Waals surface area contributed by atoms with Gasteiger partial charge in [0.2, 0.25) is 0 Å². The molecular weight excluding hydrogens is 613 g/mol. The first-order valence-corrected chi connectivity index (χ1v) is 25.7. The summed E-state index contributed by atoms with van der Waals surface area (Å²) in [5.74, 6) is -2.17. The predicted molar refractivity (Wildman–Crippen MR) is 123 cm³/mol. The SMILES string of the molecule is CC(=O)[O-].CC(=O)[O-].CCC[CH2][Sn+2][CH2]CCC.CCC[CH2][Sn]([Cl])([Cl])[CH2]CCC. The maximum atomic E-state index is 8.89. The Morgan fingerprint density at radius 3 is 1.18 bits per heavy atom. The van der Waals surface area contributed by atoms with Crippen molar-refractivity contribution in [2.75, 3.05) is 0 Å². The molecule has 0 saturated heterocycles. The van der Waals surface area contributed by atoms with Crippen molar-refractivity contribution in [2.24, 2.45) is 0 Å². The van der Waals surface area contributed by atoms with Crippen LogP contribution >= 0.6 is 17.8 Å². The Balaban J connectivity index is -0.000000151. The fraction of sp³-hybridized carbons (Fsp3) is 0.900. The monoisotopic (exact) mass is 656 g/mol. The zero-order chi connectivity index (χ0) is 22.8. The Bertz CT molecular complexity index is 295. The van der Waals surface area contributed by atoms with Gasteiger partial charge in [-0.1, -0.05) is 0 Å². The van der Waals surface area contributed by atoms with E-state index in [-0.39, 0.29) is 21.1 Å². The second kappa shape index (κ2) is 30.3. The third kappa shape index (κ3) is 63.1. The van der Waals surface area contributed by atoms with E-state index in [1.807, 2.05) is 0 Å². The van der Waals surface area contributed by atoms with Gasteiger partial charge in [-0.3, -0.25) is 0 Å². The molecule has 8 heteroatoms. The molecule has 0 aliphatic carbocycles. The molecule has 168 valence electrons. The third-order valence-electron chi connectivity index (χ3n) is 3.21. The van der Waals surface area contributed by atoms with Gasteiger partial charge in [0, 0.05) is 11.9 Å². The number of rotatable bonds is 12. The van der Waals surface area contributed by atoms with E-state index in [4.69, 9.17) is 37.6 Å². The van der Waals surface area contributed by atoms with E-state index in [0.717, 1.165) is 22.7 Å². The van der Waals surface area contributed by atoms with Crippen molar-refractivity contribution < 1.29 is 19.8 Å². The number of carboxylic acids is 2. The average molecular weight is 655 g/mol. The molecule has 0 heterocycles. The minimum atomic E-state index is -2.49. The van der Waals surface area contributed by atoms with Crippen LogP contribution in [-0.2, 0) is 9.59 Å². The number of carbonyl (C=O) groups is 2. The molecule has 0 atom stereocenters. The minimum absolute atomic E-state index is 0.149. The van der Waals surface area contributed by atoms with Crippen LogP contribution in [0.5, 0.6) is 0 Å². The first-order valence-electron chi connectivity index (χ1n) is 10.4. The molecule has 0 aromatic heterocycles. The Morgan fingerprint density at radius 2 is 0.964 bits per heavy atom. The molecule has 0 aromatic rings. The average Bonchev–Trinajstić information content (AvgIpc) is 2.58.